The molecule has 0 aromatic heterocycles. The van der Waals surface area contributed by atoms with Gasteiger partial charge in [-0.2, -0.15) is 6.92 Å². The van der Waals surface area contributed by atoms with E-state index in [9.17, 15) is 15.3 Å². The average molecular weight is 799 g/mol. The summed E-state index contributed by atoms with van der Waals surface area (Å²) < 4.78 is 0. The predicted molar refractivity (Wildman–Crippen MR) is 203 cm³/mol. The monoisotopic (exact) mass is 795 g/mol. The van der Waals surface area contributed by atoms with Gasteiger partial charge in [0.2, 0.25) is 0 Å². The van der Waals surface area contributed by atoms with Crippen LogP contribution in [0.5, 0.6) is 5.75 Å². The molecule has 0 saturated carbocycles. The number of rotatable bonds is 10. The molecule has 7 heteroatoms. The second kappa shape index (κ2) is 18.8. The maximum Gasteiger partial charge on any atom is 2.00 e. The van der Waals surface area contributed by atoms with E-state index in [0.29, 0.717) is 18.8 Å². The third-order valence-corrected chi connectivity index (χ3v) is 10.7. The Kier molecular flexibility index (Phi) is 15.1. The summed E-state index contributed by atoms with van der Waals surface area (Å²) in [6.45, 7) is 9.84. The molecule has 2 fully saturated rings. The van der Waals surface area contributed by atoms with Crippen molar-refractivity contribution in [3.63, 3.8) is 0 Å². The van der Waals surface area contributed by atoms with Crippen molar-refractivity contribution < 1.29 is 54.3 Å². The van der Waals surface area contributed by atoms with Crippen molar-refractivity contribution in [2.45, 2.75) is 75.9 Å². The first kappa shape index (κ1) is 41.7. The molecule has 5 nitrogen and oxygen atoms in total. The van der Waals surface area contributed by atoms with Gasteiger partial charge in [-0.05, 0) is 68.0 Å². The summed E-state index contributed by atoms with van der Waals surface area (Å²) in [4.78, 5) is 4.70. The Morgan fingerprint density at radius 2 is 0.865 bits per heavy atom. The molecule has 0 amide bonds. The topological polar surface area (TPSA) is 67.2 Å². The Morgan fingerprint density at radius 3 is 1.15 bits per heavy atom. The molecule has 0 bridgehead atoms. The Labute approximate surface area is 336 Å². The maximum atomic E-state index is 12.6. The number of phenolic OH excluding ortho intramolecular Hbond substituents is 1. The zero-order valence-corrected chi connectivity index (χ0v) is 36.8. The van der Waals surface area contributed by atoms with Crippen LogP contribution in [-0.2, 0) is 63.2 Å². The molecule has 2 heterocycles. The van der Waals surface area contributed by atoms with Crippen LogP contribution in [0.1, 0.15) is 71.6 Å². The van der Waals surface area contributed by atoms with Crippen LogP contribution in [0.25, 0.3) is 0 Å². The van der Waals surface area contributed by atoms with Crippen LogP contribution in [-0.4, -0.2) is 50.3 Å². The molecule has 5 aromatic rings. The van der Waals surface area contributed by atoms with E-state index in [1.807, 2.05) is 121 Å². The minimum atomic E-state index is -1.19. The van der Waals surface area contributed by atoms with Crippen molar-refractivity contribution >= 4 is 0 Å². The molecule has 2 aliphatic heterocycles. The smallest absolute Gasteiger partial charge is 0.507 e. The SMILES string of the molecule is Cc1cc(CN2CCCC2C(O)(c2ccccc2)c2ccccc2)c(O)c(CN2CCCC2C(O)(c2ccccc2)c2ccccc2)c1.[CH2-]C.[Zn+2].[Zn]. The standard InChI is InChI=1S/C43H46N2O3.C2H5.2Zn/c1-32-28-33(30-44-26-14-24-39(44)42(47,35-16-6-2-7-17-35)36-18-8-3-9-19-36)41(46)34(29-32)31-45-27-15-25-40(45)43(48,37-20-10-4-11-21-37)38-22-12-5-13-23-38;1-2;;/h2-13,16-23,28-29,39-40,46-48H,14-15,24-27,30-31H2,1H3;1H2,2H3;;/q;-1;;+2. The molecule has 5 aromatic carbocycles. The second-order valence-corrected chi connectivity index (χ2v) is 13.7. The van der Waals surface area contributed by atoms with Crippen LogP contribution in [0, 0.1) is 13.8 Å². The molecule has 262 valence electrons. The number of phenols is 1. The Hall–Kier alpha value is -3.01. The van der Waals surface area contributed by atoms with Crippen molar-refractivity contribution in [1.82, 2.24) is 9.80 Å². The van der Waals surface area contributed by atoms with Gasteiger partial charge in [0.15, 0.2) is 0 Å². The Bertz CT molecular complexity index is 1600. The zero-order valence-electron chi connectivity index (χ0n) is 30.9. The second-order valence-electron chi connectivity index (χ2n) is 13.7. The number of aryl methyl sites for hydroxylation is 1. The number of aromatic hydroxyl groups is 1. The minimum absolute atomic E-state index is 0. The molecule has 0 radical (unpaired) electrons. The summed E-state index contributed by atoms with van der Waals surface area (Å²) in [6.07, 6.45) is 3.65. The van der Waals surface area contributed by atoms with Crippen LogP contribution in [0.15, 0.2) is 133 Å². The fourth-order valence-corrected chi connectivity index (χ4v) is 8.46. The molecule has 7 rings (SSSR count). The Morgan fingerprint density at radius 1 is 0.577 bits per heavy atom. The molecule has 52 heavy (non-hydrogen) atoms. The fourth-order valence-electron chi connectivity index (χ4n) is 8.46. The van der Waals surface area contributed by atoms with Gasteiger partial charge in [-0.1, -0.05) is 139 Å². The van der Waals surface area contributed by atoms with Crippen molar-refractivity contribution in [2.75, 3.05) is 13.1 Å². The van der Waals surface area contributed by atoms with Gasteiger partial charge in [0.05, 0.1) is 0 Å². The van der Waals surface area contributed by atoms with E-state index in [2.05, 4.69) is 35.8 Å². The normalized spacial score (nSPS) is 17.8. The van der Waals surface area contributed by atoms with Crippen LogP contribution in [0.4, 0.5) is 0 Å². The number of hydrogen-bond donors (Lipinski definition) is 3. The Balaban J connectivity index is 0.00000149. The van der Waals surface area contributed by atoms with Gasteiger partial charge >= 0.3 is 19.5 Å². The van der Waals surface area contributed by atoms with Crippen molar-refractivity contribution in [3.8, 4) is 5.75 Å². The molecule has 2 atom stereocenters. The van der Waals surface area contributed by atoms with E-state index in [0.717, 1.165) is 77.7 Å². The van der Waals surface area contributed by atoms with E-state index in [4.69, 9.17) is 0 Å². The summed E-state index contributed by atoms with van der Waals surface area (Å²) in [6, 6.07) is 43.9. The van der Waals surface area contributed by atoms with Crippen LogP contribution >= 0.6 is 0 Å². The first-order valence-corrected chi connectivity index (χ1v) is 18.1. The zero-order chi connectivity index (χ0) is 35.1. The number of likely N-dealkylation sites (tertiary alicyclic amines) is 2. The first-order valence-electron chi connectivity index (χ1n) is 18.1. The van der Waals surface area contributed by atoms with Gasteiger partial charge in [-0.3, -0.25) is 9.80 Å². The molecular formula is C45H51N2O3Zn2+. The van der Waals surface area contributed by atoms with E-state index >= 15 is 0 Å². The van der Waals surface area contributed by atoms with Gasteiger partial charge in [-0.25, -0.2) is 0 Å². The summed E-state index contributed by atoms with van der Waals surface area (Å²) >= 11 is 0. The van der Waals surface area contributed by atoms with Gasteiger partial charge in [-0.15, -0.1) is 0 Å². The molecular weight excluding hydrogens is 747 g/mol. The molecule has 2 saturated heterocycles. The number of benzene rings is 5. The van der Waals surface area contributed by atoms with Gasteiger partial charge in [0.1, 0.15) is 17.0 Å². The first-order chi connectivity index (χ1) is 24.4. The van der Waals surface area contributed by atoms with Gasteiger partial charge < -0.3 is 22.2 Å². The summed E-state index contributed by atoms with van der Waals surface area (Å²) in [7, 11) is 0. The predicted octanol–water partition coefficient (Wildman–Crippen LogP) is 8.34. The van der Waals surface area contributed by atoms with E-state index < -0.39 is 11.2 Å². The van der Waals surface area contributed by atoms with E-state index in [1.165, 1.54) is 0 Å². The molecule has 2 unspecified atom stereocenters. The quantitative estimate of drug-likeness (QED) is 0.0981. The average Bonchev–Trinajstić information content (AvgIpc) is 3.85. The largest absolute Gasteiger partial charge is 2.00 e. The number of hydrogen-bond acceptors (Lipinski definition) is 5. The fraction of sp³-hybridized carbons (Fsp3) is 0.311. The molecule has 0 aliphatic carbocycles. The van der Waals surface area contributed by atoms with Crippen molar-refractivity contribution in [3.05, 3.63) is 179 Å². The van der Waals surface area contributed by atoms with E-state index in [1.54, 1.807) is 6.92 Å². The van der Waals surface area contributed by atoms with Gasteiger partial charge in [0, 0.05) is 55.8 Å². The summed E-state index contributed by atoms with van der Waals surface area (Å²) in [5, 5.41) is 37.2. The van der Waals surface area contributed by atoms with Gasteiger partial charge in [0.25, 0.3) is 0 Å². The molecule has 2 aliphatic rings. The van der Waals surface area contributed by atoms with Crippen LogP contribution in [0.2, 0.25) is 0 Å². The third-order valence-electron chi connectivity index (χ3n) is 10.7. The van der Waals surface area contributed by atoms with Crippen LogP contribution < -0.4 is 0 Å². The number of aliphatic hydroxyl groups is 2. The minimum Gasteiger partial charge on any atom is -0.507 e. The summed E-state index contributed by atoms with van der Waals surface area (Å²) in [5.74, 6) is 0.308. The third kappa shape index (κ3) is 8.37. The maximum absolute atomic E-state index is 12.6. The van der Waals surface area contributed by atoms with Crippen LogP contribution in [0.3, 0.4) is 0 Å². The molecule has 0 spiro atoms. The van der Waals surface area contributed by atoms with Crippen molar-refractivity contribution in [1.29, 1.82) is 0 Å². The summed E-state index contributed by atoms with van der Waals surface area (Å²) in [5.41, 5.74) is 3.98. The number of nitrogens with zero attached hydrogens (tertiary/aromatic N) is 2. The molecule has 3 N–H and O–H groups in total. The van der Waals surface area contributed by atoms with Crippen molar-refractivity contribution in [2.24, 2.45) is 0 Å². The van der Waals surface area contributed by atoms with E-state index in [-0.39, 0.29) is 51.0 Å².